The number of nitrogens with two attached hydrogens (primary N) is 1. The van der Waals surface area contributed by atoms with Crippen molar-refractivity contribution in [1.29, 1.82) is 0 Å². The van der Waals surface area contributed by atoms with E-state index in [0.29, 0.717) is 32.7 Å². The van der Waals surface area contributed by atoms with Crippen LogP contribution in [0.3, 0.4) is 0 Å². The Balaban J connectivity index is 2.57. The molecule has 5 nitrogen and oxygen atoms in total. The normalized spacial score (nSPS) is 21.6. The maximum absolute atomic E-state index is 11.8. The summed E-state index contributed by atoms with van der Waals surface area (Å²) in [5.74, 6) is -1.14. The summed E-state index contributed by atoms with van der Waals surface area (Å²) in [6, 6.07) is 0. The van der Waals surface area contributed by atoms with E-state index in [1.807, 2.05) is 0 Å². The first-order chi connectivity index (χ1) is 7.20. The smallest absolute Gasteiger partial charge is 0.318 e. The molecule has 1 aliphatic heterocycles. The Morgan fingerprint density at radius 1 is 1.67 bits per heavy atom. The van der Waals surface area contributed by atoms with Crippen LogP contribution in [0.1, 0.15) is 19.8 Å². The Morgan fingerprint density at radius 3 is 3.00 bits per heavy atom. The summed E-state index contributed by atoms with van der Waals surface area (Å²) in [6.07, 6.45) is 1.44. The first kappa shape index (κ1) is 12.0. The van der Waals surface area contributed by atoms with Crippen LogP contribution in [0.2, 0.25) is 0 Å². The second-order valence-electron chi connectivity index (χ2n) is 3.56. The van der Waals surface area contributed by atoms with Gasteiger partial charge in [0.15, 0.2) is 0 Å². The van der Waals surface area contributed by atoms with E-state index in [2.05, 4.69) is 0 Å². The summed E-state index contributed by atoms with van der Waals surface area (Å²) in [5, 5.41) is 0. The summed E-state index contributed by atoms with van der Waals surface area (Å²) in [7, 11) is 0. The van der Waals surface area contributed by atoms with Gasteiger partial charge in [0.1, 0.15) is 5.92 Å². The van der Waals surface area contributed by atoms with Crippen LogP contribution in [0.25, 0.3) is 0 Å². The molecular weight excluding hydrogens is 196 g/mol. The highest BCUT2D eigenvalue weighted by Gasteiger charge is 2.34. The van der Waals surface area contributed by atoms with Crippen molar-refractivity contribution in [1.82, 2.24) is 4.90 Å². The molecule has 0 aromatic rings. The van der Waals surface area contributed by atoms with E-state index < -0.39 is 11.9 Å². The zero-order valence-corrected chi connectivity index (χ0v) is 9.07. The molecule has 1 unspecified atom stereocenters. The van der Waals surface area contributed by atoms with Crippen molar-refractivity contribution in [3.8, 4) is 0 Å². The number of ether oxygens (including phenoxy) is 1. The van der Waals surface area contributed by atoms with E-state index in [0.717, 1.165) is 6.42 Å². The summed E-state index contributed by atoms with van der Waals surface area (Å²) in [4.78, 5) is 24.9. The van der Waals surface area contributed by atoms with Crippen molar-refractivity contribution in [2.75, 3.05) is 26.2 Å². The van der Waals surface area contributed by atoms with E-state index in [9.17, 15) is 9.59 Å². The third kappa shape index (κ3) is 2.92. The zero-order valence-electron chi connectivity index (χ0n) is 9.07. The fraction of sp³-hybridized carbons (Fsp3) is 0.800. The quantitative estimate of drug-likeness (QED) is 0.517. The van der Waals surface area contributed by atoms with Gasteiger partial charge in [-0.05, 0) is 19.8 Å². The molecule has 15 heavy (non-hydrogen) atoms. The molecule has 1 rings (SSSR count). The molecule has 1 aliphatic rings. The lowest BCUT2D eigenvalue weighted by Gasteiger charge is -2.30. The van der Waals surface area contributed by atoms with Crippen molar-refractivity contribution >= 4 is 11.9 Å². The average Bonchev–Trinajstić information content (AvgIpc) is 2.22. The van der Waals surface area contributed by atoms with Crippen molar-refractivity contribution in [2.24, 2.45) is 11.7 Å². The van der Waals surface area contributed by atoms with E-state index in [4.69, 9.17) is 10.5 Å². The van der Waals surface area contributed by atoms with Crippen LogP contribution in [0.4, 0.5) is 0 Å². The summed E-state index contributed by atoms with van der Waals surface area (Å²) in [6.45, 7) is 3.71. The Bertz CT molecular complexity index is 241. The van der Waals surface area contributed by atoms with Crippen molar-refractivity contribution in [2.45, 2.75) is 19.8 Å². The molecule has 0 saturated carbocycles. The van der Waals surface area contributed by atoms with Gasteiger partial charge in [-0.1, -0.05) is 0 Å². The molecule has 0 radical (unpaired) electrons. The van der Waals surface area contributed by atoms with Gasteiger partial charge in [0.2, 0.25) is 5.91 Å². The predicted octanol–water partition coefficient (Wildman–Crippen LogP) is -0.253. The monoisotopic (exact) mass is 214 g/mol. The molecule has 0 aliphatic carbocycles. The third-order valence-corrected chi connectivity index (χ3v) is 2.50. The van der Waals surface area contributed by atoms with E-state index in [1.165, 1.54) is 0 Å². The fourth-order valence-electron chi connectivity index (χ4n) is 1.78. The number of carbonyl (C=O) groups is 2. The van der Waals surface area contributed by atoms with Gasteiger partial charge in [0.05, 0.1) is 6.61 Å². The lowest BCUT2D eigenvalue weighted by atomic mass is 9.97. The average molecular weight is 214 g/mol. The molecule has 1 fully saturated rings. The van der Waals surface area contributed by atoms with Gasteiger partial charge in [-0.3, -0.25) is 9.59 Å². The number of amides is 1. The second-order valence-corrected chi connectivity index (χ2v) is 3.56. The Morgan fingerprint density at radius 2 is 2.40 bits per heavy atom. The topological polar surface area (TPSA) is 72.6 Å². The van der Waals surface area contributed by atoms with Crippen LogP contribution in [-0.4, -0.2) is 43.0 Å². The fourth-order valence-corrected chi connectivity index (χ4v) is 1.78. The number of hydrogen-bond donors (Lipinski definition) is 1. The number of rotatable bonds is 4. The Hall–Kier alpha value is -1.10. The van der Waals surface area contributed by atoms with E-state index in [-0.39, 0.29) is 5.91 Å². The molecule has 5 heteroatoms. The van der Waals surface area contributed by atoms with E-state index >= 15 is 0 Å². The highest BCUT2D eigenvalue weighted by Crippen LogP contribution is 2.18. The predicted molar refractivity (Wildman–Crippen MR) is 55.0 cm³/mol. The van der Waals surface area contributed by atoms with Crippen LogP contribution in [-0.2, 0) is 14.3 Å². The number of hydrogen-bond acceptors (Lipinski definition) is 4. The highest BCUT2D eigenvalue weighted by atomic mass is 16.5. The van der Waals surface area contributed by atoms with Gasteiger partial charge in [0.25, 0.3) is 0 Å². The molecule has 2 N–H and O–H groups in total. The molecule has 1 atom stereocenters. The summed E-state index contributed by atoms with van der Waals surface area (Å²) in [5.41, 5.74) is 5.39. The van der Waals surface area contributed by atoms with E-state index in [1.54, 1.807) is 11.8 Å². The van der Waals surface area contributed by atoms with Crippen LogP contribution in [0.5, 0.6) is 0 Å². The molecule has 0 aromatic carbocycles. The molecule has 0 bridgehead atoms. The first-order valence-electron chi connectivity index (χ1n) is 5.36. The maximum atomic E-state index is 11.8. The zero-order chi connectivity index (χ0) is 11.3. The SMILES string of the molecule is CCOC(=O)C1CCCN(CCN)C1=O. The molecule has 0 aromatic heterocycles. The molecule has 1 amide bonds. The van der Waals surface area contributed by atoms with Gasteiger partial charge in [-0.25, -0.2) is 0 Å². The van der Waals surface area contributed by atoms with Gasteiger partial charge in [0, 0.05) is 19.6 Å². The van der Waals surface area contributed by atoms with Gasteiger partial charge in [-0.2, -0.15) is 0 Å². The molecule has 86 valence electrons. The van der Waals surface area contributed by atoms with Gasteiger partial charge < -0.3 is 15.4 Å². The Labute approximate surface area is 89.6 Å². The number of carbonyl (C=O) groups excluding carboxylic acids is 2. The minimum absolute atomic E-state index is 0.134. The van der Waals surface area contributed by atoms with Crippen LogP contribution < -0.4 is 5.73 Å². The van der Waals surface area contributed by atoms with Crippen LogP contribution >= 0.6 is 0 Å². The highest BCUT2D eigenvalue weighted by molar-refractivity contribution is 5.98. The number of nitrogens with zero attached hydrogens (tertiary/aromatic N) is 1. The summed E-state index contributed by atoms with van der Waals surface area (Å²) >= 11 is 0. The van der Waals surface area contributed by atoms with Crippen molar-refractivity contribution in [3.63, 3.8) is 0 Å². The van der Waals surface area contributed by atoms with Crippen molar-refractivity contribution in [3.05, 3.63) is 0 Å². The number of likely N-dealkylation sites (tertiary alicyclic amines) is 1. The van der Waals surface area contributed by atoms with Crippen LogP contribution in [0.15, 0.2) is 0 Å². The molecule has 1 saturated heterocycles. The molecular formula is C10H18N2O3. The van der Waals surface area contributed by atoms with Crippen molar-refractivity contribution < 1.29 is 14.3 Å². The van der Waals surface area contributed by atoms with Gasteiger partial charge >= 0.3 is 5.97 Å². The maximum Gasteiger partial charge on any atom is 0.318 e. The number of esters is 1. The van der Waals surface area contributed by atoms with Gasteiger partial charge in [-0.15, -0.1) is 0 Å². The lowest BCUT2D eigenvalue weighted by Crippen LogP contribution is -2.46. The Kier molecular flexibility index (Phi) is 4.55. The summed E-state index contributed by atoms with van der Waals surface area (Å²) < 4.78 is 4.86. The second kappa shape index (κ2) is 5.70. The lowest BCUT2D eigenvalue weighted by molar-refractivity contribution is -0.157. The standard InChI is InChI=1S/C10H18N2O3/c1-2-15-10(14)8-4-3-6-12(7-5-11)9(8)13/h8H,2-7,11H2,1H3. The molecule has 1 heterocycles. The number of piperidine rings is 1. The third-order valence-electron chi connectivity index (χ3n) is 2.50. The van der Waals surface area contributed by atoms with Crippen LogP contribution in [0, 0.1) is 5.92 Å². The molecule has 0 spiro atoms. The minimum atomic E-state index is -0.606. The largest absolute Gasteiger partial charge is 0.465 e. The minimum Gasteiger partial charge on any atom is -0.465 e. The first-order valence-corrected chi connectivity index (χ1v) is 5.36.